The molecule has 0 radical (unpaired) electrons. The van der Waals surface area contributed by atoms with Gasteiger partial charge in [-0.1, -0.05) is 12.1 Å². The number of ether oxygens (including phenoxy) is 1. The van der Waals surface area contributed by atoms with Gasteiger partial charge in [0.05, 0.1) is 5.54 Å². The first kappa shape index (κ1) is 12.1. The van der Waals surface area contributed by atoms with Gasteiger partial charge in [-0.15, -0.1) is 5.10 Å². The summed E-state index contributed by atoms with van der Waals surface area (Å²) in [7, 11) is 0. The van der Waals surface area contributed by atoms with Crippen LogP contribution >= 0.6 is 0 Å². The predicted molar refractivity (Wildman–Crippen MR) is 71.4 cm³/mol. The molecule has 0 atom stereocenters. The topological polar surface area (TPSA) is 78.9 Å². The van der Waals surface area contributed by atoms with Crippen LogP contribution in [0.2, 0.25) is 0 Å². The Morgan fingerprint density at radius 2 is 2.11 bits per heavy atom. The highest BCUT2D eigenvalue weighted by atomic mass is 16.5. The molecule has 1 aliphatic heterocycles. The Kier molecular flexibility index (Phi) is 2.94. The lowest BCUT2D eigenvalue weighted by Crippen LogP contribution is -2.38. The molecule has 0 bridgehead atoms. The van der Waals surface area contributed by atoms with Crippen LogP contribution in [0.4, 0.5) is 5.69 Å². The van der Waals surface area contributed by atoms with Crippen molar-refractivity contribution in [3.63, 3.8) is 0 Å². The van der Waals surface area contributed by atoms with E-state index in [-0.39, 0.29) is 5.54 Å². The van der Waals surface area contributed by atoms with Crippen molar-refractivity contribution in [2.75, 3.05) is 18.9 Å². The molecule has 0 saturated carbocycles. The van der Waals surface area contributed by atoms with Crippen LogP contribution < -0.4 is 5.73 Å². The maximum Gasteiger partial charge on any atom is 0.182 e. The first-order chi connectivity index (χ1) is 9.19. The molecule has 100 valence electrons. The van der Waals surface area contributed by atoms with Crippen molar-refractivity contribution in [1.82, 2.24) is 20.2 Å². The highest BCUT2D eigenvalue weighted by Crippen LogP contribution is 2.31. The van der Waals surface area contributed by atoms with Crippen LogP contribution in [0.15, 0.2) is 24.3 Å². The van der Waals surface area contributed by atoms with Gasteiger partial charge in [0.25, 0.3) is 0 Å². The molecular formula is C13H17N5O. The number of nitrogen functional groups attached to an aromatic ring is 1. The van der Waals surface area contributed by atoms with E-state index in [4.69, 9.17) is 10.5 Å². The second-order valence-electron chi connectivity index (χ2n) is 5.15. The summed E-state index contributed by atoms with van der Waals surface area (Å²) in [6.07, 6.45) is 1.82. The van der Waals surface area contributed by atoms with Gasteiger partial charge in [-0.3, -0.25) is 0 Å². The normalized spacial score (nSPS) is 18.4. The van der Waals surface area contributed by atoms with Crippen LogP contribution in [0.3, 0.4) is 0 Å². The van der Waals surface area contributed by atoms with Crippen LogP contribution in [-0.4, -0.2) is 33.4 Å². The van der Waals surface area contributed by atoms with Crippen molar-refractivity contribution < 1.29 is 4.74 Å². The zero-order valence-corrected chi connectivity index (χ0v) is 10.9. The lowest BCUT2D eigenvalue weighted by atomic mass is 9.92. The van der Waals surface area contributed by atoms with Gasteiger partial charge in [-0.05, 0) is 42.3 Å². The van der Waals surface area contributed by atoms with Crippen LogP contribution in [0.25, 0.3) is 11.4 Å². The Morgan fingerprint density at radius 1 is 1.32 bits per heavy atom. The smallest absolute Gasteiger partial charge is 0.182 e. The van der Waals surface area contributed by atoms with E-state index < -0.39 is 0 Å². The minimum absolute atomic E-state index is 0.0955. The van der Waals surface area contributed by atoms with E-state index in [0.29, 0.717) is 5.69 Å². The second-order valence-corrected chi connectivity index (χ2v) is 5.15. The maximum atomic E-state index is 5.83. The number of benzene rings is 1. The standard InChI is InChI=1S/C13H17N5O/c1-13(5-7-19-8-6-13)18-12(15-16-17-18)10-3-2-4-11(14)9-10/h2-4,9H,5-8,14H2,1H3. The first-order valence-electron chi connectivity index (χ1n) is 6.42. The molecule has 0 unspecified atom stereocenters. The van der Waals surface area contributed by atoms with Crippen molar-refractivity contribution in [2.45, 2.75) is 25.3 Å². The molecule has 2 heterocycles. The summed E-state index contributed by atoms with van der Waals surface area (Å²) < 4.78 is 7.33. The summed E-state index contributed by atoms with van der Waals surface area (Å²) >= 11 is 0. The Morgan fingerprint density at radius 3 is 2.84 bits per heavy atom. The van der Waals surface area contributed by atoms with Gasteiger partial charge >= 0.3 is 0 Å². The zero-order chi connectivity index (χ0) is 13.3. The zero-order valence-electron chi connectivity index (χ0n) is 10.9. The number of aromatic nitrogens is 4. The van der Waals surface area contributed by atoms with E-state index in [0.717, 1.165) is 37.4 Å². The SMILES string of the molecule is CC1(n2nnnc2-c2cccc(N)c2)CCOCC1. The molecule has 2 N–H and O–H groups in total. The molecule has 1 fully saturated rings. The molecule has 1 aliphatic rings. The molecule has 1 aromatic carbocycles. The summed E-state index contributed by atoms with van der Waals surface area (Å²) in [5, 5.41) is 12.2. The average Bonchev–Trinajstić information content (AvgIpc) is 2.89. The molecule has 0 amide bonds. The van der Waals surface area contributed by atoms with E-state index >= 15 is 0 Å². The molecule has 6 nitrogen and oxygen atoms in total. The number of nitrogens with zero attached hydrogens (tertiary/aromatic N) is 4. The summed E-state index contributed by atoms with van der Waals surface area (Å²) in [5.41, 5.74) is 7.39. The number of hydrogen-bond acceptors (Lipinski definition) is 5. The van der Waals surface area contributed by atoms with Gasteiger partial charge in [0.1, 0.15) is 0 Å². The minimum atomic E-state index is -0.0955. The first-order valence-corrected chi connectivity index (χ1v) is 6.42. The molecular weight excluding hydrogens is 242 g/mol. The van der Waals surface area contributed by atoms with Crippen molar-refractivity contribution >= 4 is 5.69 Å². The van der Waals surface area contributed by atoms with Crippen LogP contribution in [0.1, 0.15) is 19.8 Å². The van der Waals surface area contributed by atoms with Gasteiger partial charge in [0.2, 0.25) is 0 Å². The highest BCUT2D eigenvalue weighted by Gasteiger charge is 2.33. The molecule has 6 heteroatoms. The molecule has 0 aliphatic carbocycles. The van der Waals surface area contributed by atoms with Gasteiger partial charge in [-0.2, -0.15) is 0 Å². The van der Waals surface area contributed by atoms with Crippen molar-refractivity contribution in [3.8, 4) is 11.4 Å². The van der Waals surface area contributed by atoms with E-state index in [2.05, 4.69) is 22.4 Å². The summed E-state index contributed by atoms with van der Waals surface area (Å²) in [6.45, 7) is 3.65. The third-order valence-corrected chi connectivity index (χ3v) is 3.70. The van der Waals surface area contributed by atoms with Gasteiger partial charge < -0.3 is 10.5 Å². The van der Waals surface area contributed by atoms with Crippen molar-refractivity contribution in [1.29, 1.82) is 0 Å². The van der Waals surface area contributed by atoms with Crippen LogP contribution in [-0.2, 0) is 10.3 Å². The largest absolute Gasteiger partial charge is 0.399 e. The average molecular weight is 259 g/mol. The van der Waals surface area contributed by atoms with E-state index in [9.17, 15) is 0 Å². The summed E-state index contributed by atoms with van der Waals surface area (Å²) in [4.78, 5) is 0. The fourth-order valence-electron chi connectivity index (χ4n) is 2.43. The summed E-state index contributed by atoms with van der Waals surface area (Å²) in [6, 6.07) is 7.63. The molecule has 1 saturated heterocycles. The molecule has 3 rings (SSSR count). The number of hydrogen-bond donors (Lipinski definition) is 1. The lowest BCUT2D eigenvalue weighted by molar-refractivity contribution is 0.0240. The molecule has 0 spiro atoms. The van der Waals surface area contributed by atoms with E-state index in [1.54, 1.807) is 0 Å². The Balaban J connectivity index is 2.03. The molecule has 2 aromatic rings. The van der Waals surface area contributed by atoms with Crippen LogP contribution in [0.5, 0.6) is 0 Å². The predicted octanol–water partition coefficient (Wildman–Crippen LogP) is 1.45. The number of anilines is 1. The lowest BCUT2D eigenvalue weighted by Gasteiger charge is -2.33. The fraction of sp³-hybridized carbons (Fsp3) is 0.462. The number of nitrogens with two attached hydrogens (primary N) is 1. The third-order valence-electron chi connectivity index (χ3n) is 3.70. The van der Waals surface area contributed by atoms with Crippen molar-refractivity contribution in [3.05, 3.63) is 24.3 Å². The van der Waals surface area contributed by atoms with Crippen LogP contribution in [0, 0.1) is 0 Å². The third kappa shape index (κ3) is 2.19. The van der Waals surface area contributed by atoms with Gasteiger partial charge in [-0.25, -0.2) is 4.68 Å². The van der Waals surface area contributed by atoms with Gasteiger partial charge in [0.15, 0.2) is 5.82 Å². The van der Waals surface area contributed by atoms with Crippen molar-refractivity contribution in [2.24, 2.45) is 0 Å². The molecule has 1 aromatic heterocycles. The number of tetrazole rings is 1. The van der Waals surface area contributed by atoms with E-state index in [1.165, 1.54) is 0 Å². The highest BCUT2D eigenvalue weighted by molar-refractivity contribution is 5.60. The Labute approximate surface area is 111 Å². The van der Waals surface area contributed by atoms with Gasteiger partial charge in [0, 0.05) is 24.5 Å². The number of rotatable bonds is 2. The summed E-state index contributed by atoms with van der Waals surface area (Å²) in [5.74, 6) is 0.761. The molecule has 19 heavy (non-hydrogen) atoms. The monoisotopic (exact) mass is 259 g/mol. The second kappa shape index (κ2) is 4.62. The quantitative estimate of drug-likeness (QED) is 0.826. The Hall–Kier alpha value is -1.95. The maximum absolute atomic E-state index is 5.83. The Bertz CT molecular complexity index is 574. The van der Waals surface area contributed by atoms with E-state index in [1.807, 2.05) is 28.9 Å². The minimum Gasteiger partial charge on any atom is -0.399 e. The fourth-order valence-corrected chi connectivity index (χ4v) is 2.43.